The molecular weight excluding hydrogens is 203 g/mol. The molecule has 0 aromatic heterocycles. The first-order chi connectivity index (χ1) is 6.31. The Morgan fingerprint density at radius 1 is 1.50 bits per heavy atom. The van der Waals surface area contributed by atoms with Gasteiger partial charge in [-0.3, -0.25) is 0 Å². The highest BCUT2D eigenvalue weighted by atomic mass is 35.5. The summed E-state index contributed by atoms with van der Waals surface area (Å²) < 4.78 is 12.9. The molecule has 1 aliphatic heterocycles. The number of nitrogens with one attached hydrogen (secondary N) is 1. The van der Waals surface area contributed by atoms with E-state index in [0.717, 1.165) is 18.5 Å². The molecule has 1 saturated heterocycles. The SMILES string of the molecule is Cl.N#Cc1cc([C@H]2CCN2)ccc1F. The van der Waals surface area contributed by atoms with Crippen LogP contribution in [0.5, 0.6) is 0 Å². The van der Waals surface area contributed by atoms with Crippen LogP contribution in [0.2, 0.25) is 0 Å². The number of nitriles is 1. The first-order valence-corrected chi connectivity index (χ1v) is 4.24. The minimum atomic E-state index is -0.439. The van der Waals surface area contributed by atoms with E-state index in [1.54, 1.807) is 12.1 Å². The quantitative estimate of drug-likeness (QED) is 0.775. The molecule has 0 radical (unpaired) electrons. The molecule has 4 heteroatoms. The molecule has 1 aromatic carbocycles. The first-order valence-electron chi connectivity index (χ1n) is 4.24. The van der Waals surface area contributed by atoms with E-state index in [0.29, 0.717) is 6.04 Å². The molecule has 1 aliphatic rings. The maximum absolute atomic E-state index is 12.9. The summed E-state index contributed by atoms with van der Waals surface area (Å²) in [6.45, 7) is 1.00. The Morgan fingerprint density at radius 3 is 2.71 bits per heavy atom. The van der Waals surface area contributed by atoms with Gasteiger partial charge in [-0.2, -0.15) is 5.26 Å². The highest BCUT2D eigenvalue weighted by Gasteiger charge is 2.19. The Hall–Kier alpha value is -1.11. The zero-order valence-electron chi connectivity index (χ0n) is 7.46. The second kappa shape index (κ2) is 4.41. The van der Waals surface area contributed by atoms with Crippen molar-refractivity contribution in [3.63, 3.8) is 0 Å². The molecule has 2 rings (SSSR count). The summed E-state index contributed by atoms with van der Waals surface area (Å²) in [7, 11) is 0. The molecule has 0 bridgehead atoms. The molecule has 2 nitrogen and oxygen atoms in total. The lowest BCUT2D eigenvalue weighted by Gasteiger charge is -2.28. The van der Waals surface area contributed by atoms with Gasteiger partial charge in [0.05, 0.1) is 5.56 Å². The van der Waals surface area contributed by atoms with Gasteiger partial charge in [-0.25, -0.2) is 4.39 Å². The van der Waals surface area contributed by atoms with Crippen molar-refractivity contribution in [1.29, 1.82) is 5.26 Å². The van der Waals surface area contributed by atoms with Crippen LogP contribution in [-0.2, 0) is 0 Å². The predicted molar refractivity (Wildman–Crippen MR) is 53.7 cm³/mol. The lowest BCUT2D eigenvalue weighted by atomic mass is 9.96. The van der Waals surface area contributed by atoms with Gasteiger partial charge in [0.2, 0.25) is 0 Å². The van der Waals surface area contributed by atoms with Crippen LogP contribution in [0.25, 0.3) is 0 Å². The third kappa shape index (κ3) is 1.87. The fourth-order valence-corrected chi connectivity index (χ4v) is 1.42. The van der Waals surface area contributed by atoms with Crippen LogP contribution in [-0.4, -0.2) is 6.54 Å². The van der Waals surface area contributed by atoms with Gasteiger partial charge in [-0.15, -0.1) is 12.4 Å². The number of hydrogen-bond donors (Lipinski definition) is 1. The average Bonchev–Trinajstić information content (AvgIpc) is 2.05. The number of nitrogens with zero attached hydrogens (tertiary/aromatic N) is 1. The molecule has 1 fully saturated rings. The van der Waals surface area contributed by atoms with E-state index in [1.807, 2.05) is 6.07 Å². The zero-order valence-corrected chi connectivity index (χ0v) is 8.27. The second-order valence-corrected chi connectivity index (χ2v) is 3.15. The van der Waals surface area contributed by atoms with Gasteiger partial charge in [0, 0.05) is 6.04 Å². The number of halogens is 2. The third-order valence-corrected chi connectivity index (χ3v) is 2.34. The molecule has 0 amide bonds. The molecular formula is C10H10ClFN2. The summed E-state index contributed by atoms with van der Waals surface area (Å²) in [6.07, 6.45) is 1.07. The molecule has 14 heavy (non-hydrogen) atoms. The highest BCUT2D eigenvalue weighted by Crippen LogP contribution is 2.24. The molecule has 0 unspecified atom stereocenters. The monoisotopic (exact) mass is 212 g/mol. The molecule has 74 valence electrons. The van der Waals surface area contributed by atoms with E-state index < -0.39 is 5.82 Å². The Morgan fingerprint density at radius 2 is 2.21 bits per heavy atom. The van der Waals surface area contributed by atoms with Crippen molar-refractivity contribution in [1.82, 2.24) is 5.32 Å². The van der Waals surface area contributed by atoms with E-state index in [1.165, 1.54) is 6.07 Å². The van der Waals surface area contributed by atoms with Gasteiger partial charge >= 0.3 is 0 Å². The van der Waals surface area contributed by atoms with Gasteiger partial charge in [-0.1, -0.05) is 6.07 Å². The summed E-state index contributed by atoms with van der Waals surface area (Å²) in [5, 5.41) is 11.8. The minimum absolute atomic E-state index is 0. The summed E-state index contributed by atoms with van der Waals surface area (Å²) in [4.78, 5) is 0. The van der Waals surface area contributed by atoms with E-state index in [2.05, 4.69) is 5.32 Å². The molecule has 0 spiro atoms. The van der Waals surface area contributed by atoms with Crippen LogP contribution in [0.3, 0.4) is 0 Å². The maximum atomic E-state index is 12.9. The van der Waals surface area contributed by atoms with Gasteiger partial charge in [0.25, 0.3) is 0 Å². The smallest absolute Gasteiger partial charge is 0.140 e. The zero-order chi connectivity index (χ0) is 9.26. The Labute approximate surface area is 88.1 Å². The van der Waals surface area contributed by atoms with Crippen LogP contribution in [0.4, 0.5) is 4.39 Å². The summed E-state index contributed by atoms with van der Waals surface area (Å²) in [6, 6.07) is 6.85. The van der Waals surface area contributed by atoms with Crippen LogP contribution < -0.4 is 5.32 Å². The molecule has 1 aromatic rings. The average molecular weight is 213 g/mol. The molecule has 1 heterocycles. The number of benzene rings is 1. The minimum Gasteiger partial charge on any atom is -0.310 e. The predicted octanol–water partition coefficient (Wildman–Crippen LogP) is 2.15. The molecule has 1 N–H and O–H groups in total. The second-order valence-electron chi connectivity index (χ2n) is 3.15. The topological polar surface area (TPSA) is 35.8 Å². The van der Waals surface area contributed by atoms with Crippen molar-refractivity contribution in [3.05, 3.63) is 35.1 Å². The Kier molecular flexibility index (Phi) is 3.45. The van der Waals surface area contributed by atoms with E-state index in [4.69, 9.17) is 5.26 Å². The van der Waals surface area contributed by atoms with Crippen molar-refractivity contribution in [2.45, 2.75) is 12.5 Å². The fourth-order valence-electron chi connectivity index (χ4n) is 1.42. The van der Waals surface area contributed by atoms with Crippen LogP contribution in [0.1, 0.15) is 23.6 Å². The van der Waals surface area contributed by atoms with Gasteiger partial charge in [0.15, 0.2) is 0 Å². The largest absolute Gasteiger partial charge is 0.310 e. The summed E-state index contributed by atoms with van der Waals surface area (Å²) in [5.74, 6) is -0.439. The van der Waals surface area contributed by atoms with Crippen molar-refractivity contribution >= 4 is 12.4 Å². The molecule has 0 saturated carbocycles. The van der Waals surface area contributed by atoms with Crippen molar-refractivity contribution in [2.24, 2.45) is 0 Å². The van der Waals surface area contributed by atoms with Gasteiger partial charge < -0.3 is 5.32 Å². The number of rotatable bonds is 1. The number of hydrogen-bond acceptors (Lipinski definition) is 2. The Balaban J connectivity index is 0.000000980. The van der Waals surface area contributed by atoms with Crippen LogP contribution in [0, 0.1) is 17.1 Å². The van der Waals surface area contributed by atoms with Crippen molar-refractivity contribution in [3.8, 4) is 6.07 Å². The third-order valence-electron chi connectivity index (χ3n) is 2.34. The van der Waals surface area contributed by atoms with Crippen LogP contribution >= 0.6 is 12.4 Å². The van der Waals surface area contributed by atoms with Crippen LogP contribution in [0.15, 0.2) is 18.2 Å². The van der Waals surface area contributed by atoms with E-state index in [9.17, 15) is 4.39 Å². The molecule has 1 atom stereocenters. The normalized spacial score (nSPS) is 19.0. The van der Waals surface area contributed by atoms with Gasteiger partial charge in [0.1, 0.15) is 11.9 Å². The summed E-state index contributed by atoms with van der Waals surface area (Å²) in [5.41, 5.74) is 1.13. The maximum Gasteiger partial charge on any atom is 0.140 e. The highest BCUT2D eigenvalue weighted by molar-refractivity contribution is 5.85. The lowest BCUT2D eigenvalue weighted by Crippen LogP contribution is -2.34. The summed E-state index contributed by atoms with van der Waals surface area (Å²) >= 11 is 0. The van der Waals surface area contributed by atoms with Gasteiger partial charge in [-0.05, 0) is 30.7 Å². The van der Waals surface area contributed by atoms with Crippen molar-refractivity contribution in [2.75, 3.05) is 6.54 Å². The standard InChI is InChI=1S/C10H9FN2.ClH/c11-9-2-1-7(5-8(9)6-12)10-3-4-13-10;/h1-2,5,10,13H,3-4H2;1H/t10-;/m1./s1. The van der Waals surface area contributed by atoms with Crippen molar-refractivity contribution < 1.29 is 4.39 Å². The van der Waals surface area contributed by atoms with E-state index >= 15 is 0 Å². The first kappa shape index (κ1) is 11.0. The fraction of sp³-hybridized carbons (Fsp3) is 0.300. The van der Waals surface area contributed by atoms with E-state index in [-0.39, 0.29) is 18.0 Å². The lowest BCUT2D eigenvalue weighted by molar-refractivity contribution is 0.383. The molecule has 0 aliphatic carbocycles. The Bertz CT molecular complexity index is 369.